The molecule has 0 aromatic rings. The first-order valence-corrected chi connectivity index (χ1v) is 15.5. The van der Waals surface area contributed by atoms with E-state index < -0.39 is 121 Å². The highest BCUT2D eigenvalue weighted by Crippen LogP contribution is 2.11. The number of carboxylic acid groups (broad SMARTS) is 1. The highest BCUT2D eigenvalue weighted by Gasteiger charge is 2.35. The van der Waals surface area contributed by atoms with Gasteiger partial charge in [-0.1, -0.05) is 34.1 Å². The summed E-state index contributed by atoms with van der Waals surface area (Å²) < 4.78 is 0. The minimum Gasteiger partial charge on any atom is -0.481 e. The average Bonchev–Trinajstić information content (AvgIpc) is 2.99. The Morgan fingerprint density at radius 2 is 1.08 bits per heavy atom. The van der Waals surface area contributed by atoms with Crippen LogP contribution in [0.4, 0.5) is 0 Å². The summed E-state index contributed by atoms with van der Waals surface area (Å²) in [4.78, 5) is 123. The number of carbonyl (C=O) groups is 10. The van der Waals surface area contributed by atoms with Crippen LogP contribution in [0, 0.1) is 11.8 Å². The number of rotatable bonds is 23. The number of carbonyl (C=O) groups excluding carboxylic acids is 9. The molecule has 13 N–H and O–H groups in total. The Labute approximate surface area is 283 Å². The van der Waals surface area contributed by atoms with Crippen molar-refractivity contribution in [2.24, 2.45) is 29.0 Å². The predicted molar refractivity (Wildman–Crippen MR) is 171 cm³/mol. The summed E-state index contributed by atoms with van der Waals surface area (Å²) in [5.41, 5.74) is 15.7. The van der Waals surface area contributed by atoms with Crippen LogP contribution < -0.4 is 49.1 Å². The van der Waals surface area contributed by atoms with E-state index in [9.17, 15) is 53.1 Å². The fourth-order valence-electron chi connectivity index (χ4n) is 4.25. The van der Waals surface area contributed by atoms with E-state index in [1.165, 1.54) is 6.92 Å². The molecule has 0 spiro atoms. The first-order chi connectivity index (χ1) is 22.7. The maximum Gasteiger partial charge on any atom is 0.305 e. The summed E-state index contributed by atoms with van der Waals surface area (Å²) in [5, 5.41) is 23.4. The van der Waals surface area contributed by atoms with Crippen molar-refractivity contribution in [2.45, 2.75) is 103 Å². The summed E-state index contributed by atoms with van der Waals surface area (Å²) in [6, 6.07) is -7.26. The van der Waals surface area contributed by atoms with Crippen molar-refractivity contribution in [3.8, 4) is 0 Å². The lowest BCUT2D eigenvalue weighted by atomic mass is 9.96. The van der Waals surface area contributed by atoms with E-state index >= 15 is 0 Å². The molecule has 20 heteroatoms. The molecular weight excluding hydrogens is 650 g/mol. The van der Waals surface area contributed by atoms with Gasteiger partial charge in [-0.3, -0.25) is 47.9 Å². The number of aliphatic carboxylic acids is 1. The normalized spacial score (nSPS) is 14.4. The van der Waals surface area contributed by atoms with Gasteiger partial charge >= 0.3 is 5.97 Å². The van der Waals surface area contributed by atoms with Gasteiger partial charge in [0.1, 0.15) is 30.2 Å². The average molecular weight is 700 g/mol. The molecule has 0 fully saturated rings. The fourth-order valence-corrected chi connectivity index (χ4v) is 4.25. The van der Waals surface area contributed by atoms with Gasteiger partial charge in [0.15, 0.2) is 0 Å². The van der Waals surface area contributed by atoms with Gasteiger partial charge in [0, 0.05) is 19.8 Å². The molecule has 0 aromatic heterocycles. The Morgan fingerprint density at radius 1 is 0.633 bits per heavy atom. The monoisotopic (exact) mass is 699 g/mol. The van der Waals surface area contributed by atoms with Gasteiger partial charge in [0.2, 0.25) is 53.2 Å². The largest absolute Gasteiger partial charge is 0.481 e. The maximum atomic E-state index is 13.5. The van der Waals surface area contributed by atoms with Crippen molar-refractivity contribution in [3.05, 3.63) is 0 Å². The molecule has 0 aliphatic heterocycles. The molecule has 0 radical (unpaired) electrons. The van der Waals surface area contributed by atoms with Crippen molar-refractivity contribution < 1.29 is 53.1 Å². The van der Waals surface area contributed by atoms with Crippen molar-refractivity contribution >= 4 is 59.1 Å². The van der Waals surface area contributed by atoms with Gasteiger partial charge < -0.3 is 54.2 Å². The Kier molecular flexibility index (Phi) is 19.2. The number of nitrogens with two attached hydrogens (primary N) is 3. The third-order valence-electron chi connectivity index (χ3n) is 7.22. The van der Waals surface area contributed by atoms with Crippen LogP contribution in [0.1, 0.15) is 73.1 Å². The van der Waals surface area contributed by atoms with E-state index in [1.807, 2.05) is 0 Å². The van der Waals surface area contributed by atoms with Crippen molar-refractivity contribution in [1.82, 2.24) is 31.9 Å². The van der Waals surface area contributed by atoms with Gasteiger partial charge in [-0.15, -0.1) is 0 Å². The van der Waals surface area contributed by atoms with E-state index in [2.05, 4.69) is 31.9 Å². The van der Waals surface area contributed by atoms with Gasteiger partial charge in [-0.2, -0.15) is 0 Å². The topological polar surface area (TPSA) is 341 Å². The fraction of sp³-hybridized carbons (Fsp3) is 0.655. The van der Waals surface area contributed by atoms with Crippen LogP contribution in [-0.2, 0) is 47.9 Å². The van der Waals surface area contributed by atoms with Crippen molar-refractivity contribution in [2.75, 3.05) is 6.54 Å². The lowest BCUT2D eigenvalue weighted by Crippen LogP contribution is -2.60. The zero-order chi connectivity index (χ0) is 38.0. The SMILES string of the molecule is CC[C@H](C)[C@@H](NC(=O)[C@@H](CCC(N)=O)NC(=O)CNC(C)=O)C(=O)N[C@H](CC(=O)O)C(=O)N[C@H](CCC(N)=O)C(=O)N[C@@H](C(N)=O)C(C)C. The van der Waals surface area contributed by atoms with E-state index in [1.54, 1.807) is 27.7 Å². The van der Waals surface area contributed by atoms with E-state index in [0.717, 1.165) is 0 Å². The van der Waals surface area contributed by atoms with Crippen molar-refractivity contribution in [3.63, 3.8) is 0 Å². The molecule has 9 amide bonds. The van der Waals surface area contributed by atoms with Gasteiger partial charge in [0.25, 0.3) is 0 Å². The third kappa shape index (κ3) is 17.4. The van der Waals surface area contributed by atoms with Crippen LogP contribution in [-0.4, -0.2) is 101 Å². The summed E-state index contributed by atoms with van der Waals surface area (Å²) >= 11 is 0. The molecule has 0 saturated heterocycles. The first-order valence-electron chi connectivity index (χ1n) is 15.5. The summed E-state index contributed by atoms with van der Waals surface area (Å²) in [7, 11) is 0. The van der Waals surface area contributed by atoms with Gasteiger partial charge in [-0.25, -0.2) is 0 Å². The first kappa shape index (κ1) is 43.7. The van der Waals surface area contributed by atoms with E-state index in [0.29, 0.717) is 6.42 Å². The highest BCUT2D eigenvalue weighted by molar-refractivity contribution is 5.98. The molecule has 6 atom stereocenters. The second-order valence-electron chi connectivity index (χ2n) is 11.8. The quantitative estimate of drug-likeness (QED) is 0.0487. The summed E-state index contributed by atoms with van der Waals surface area (Å²) in [6.45, 7) is 7.11. The molecule has 0 unspecified atom stereocenters. The number of amides is 9. The molecule has 20 nitrogen and oxygen atoms in total. The molecule has 0 rings (SSSR count). The number of hydrogen-bond donors (Lipinski definition) is 10. The molecule has 276 valence electrons. The number of carboxylic acids is 1. The van der Waals surface area contributed by atoms with E-state index in [4.69, 9.17) is 17.2 Å². The number of nitrogens with one attached hydrogen (secondary N) is 6. The Morgan fingerprint density at radius 3 is 1.49 bits per heavy atom. The third-order valence-corrected chi connectivity index (χ3v) is 7.22. The molecule has 0 bridgehead atoms. The predicted octanol–water partition coefficient (Wildman–Crippen LogP) is -4.26. The smallest absolute Gasteiger partial charge is 0.305 e. The van der Waals surface area contributed by atoms with Crippen LogP contribution in [0.2, 0.25) is 0 Å². The molecule has 0 aromatic carbocycles. The number of primary amides is 3. The lowest BCUT2D eigenvalue weighted by Gasteiger charge is -2.29. The molecule has 0 saturated carbocycles. The minimum absolute atomic E-state index is 0.270. The van der Waals surface area contributed by atoms with Gasteiger partial charge in [-0.05, 0) is 24.7 Å². The molecular formula is C29H49N9O11. The Bertz CT molecular complexity index is 1260. The maximum absolute atomic E-state index is 13.5. The van der Waals surface area contributed by atoms with Crippen LogP contribution >= 0.6 is 0 Å². The van der Waals surface area contributed by atoms with Crippen LogP contribution in [0.15, 0.2) is 0 Å². The second-order valence-corrected chi connectivity index (χ2v) is 11.8. The zero-order valence-corrected chi connectivity index (χ0v) is 28.3. The van der Waals surface area contributed by atoms with Crippen molar-refractivity contribution in [1.29, 1.82) is 0 Å². The zero-order valence-electron chi connectivity index (χ0n) is 28.3. The van der Waals surface area contributed by atoms with Crippen LogP contribution in [0.25, 0.3) is 0 Å². The van der Waals surface area contributed by atoms with Crippen LogP contribution in [0.3, 0.4) is 0 Å². The second kappa shape index (κ2) is 21.5. The molecule has 0 aliphatic rings. The molecule has 0 aliphatic carbocycles. The Hall–Kier alpha value is -5.30. The molecule has 49 heavy (non-hydrogen) atoms. The Balaban J connectivity index is 6.21. The lowest BCUT2D eigenvalue weighted by molar-refractivity contribution is -0.142. The molecule has 0 heterocycles. The summed E-state index contributed by atoms with van der Waals surface area (Å²) in [5.74, 6) is -10.4. The summed E-state index contributed by atoms with van der Waals surface area (Å²) in [6.07, 6.45) is -2.02. The minimum atomic E-state index is -1.81. The van der Waals surface area contributed by atoms with E-state index in [-0.39, 0.29) is 19.3 Å². The highest BCUT2D eigenvalue weighted by atomic mass is 16.4. The standard InChI is InChI=1S/C29H49N9O11/c1-6-14(4)24(38-26(46)16(7-9-19(30)40)34-21(42)12-33-15(5)39)29(49)36-18(11-22(43)44)28(48)35-17(8-10-20(31)41)27(47)37-23(13(2)3)25(32)45/h13-14,16-18,23-24H,6-12H2,1-5H3,(H2,30,40)(H2,31,41)(H2,32,45)(H,33,39)(H,34,42)(H,35,48)(H,36,49)(H,37,47)(H,38,46)(H,43,44)/t14-,16+,17+,18+,23+,24+/m0/s1. The number of hydrogen-bond acceptors (Lipinski definition) is 10. The van der Waals surface area contributed by atoms with Gasteiger partial charge in [0.05, 0.1) is 13.0 Å². The van der Waals surface area contributed by atoms with Crippen LogP contribution in [0.5, 0.6) is 0 Å².